The molecule has 0 bridgehead atoms. The quantitative estimate of drug-likeness (QED) is 0.689. The van der Waals surface area contributed by atoms with Crippen LogP contribution >= 0.6 is 7.60 Å². The lowest BCUT2D eigenvalue weighted by atomic mass is 9.84. The molecule has 0 atom stereocenters. The maximum atomic E-state index is 12.1. The Labute approximate surface area is 132 Å². The molecule has 1 saturated carbocycles. The zero-order valence-electron chi connectivity index (χ0n) is 13.3. The van der Waals surface area contributed by atoms with Crippen molar-refractivity contribution in [2.24, 2.45) is 5.92 Å². The van der Waals surface area contributed by atoms with Gasteiger partial charge in [0.1, 0.15) is 11.0 Å². The van der Waals surface area contributed by atoms with Gasteiger partial charge in [-0.3, -0.25) is 4.57 Å². The molecule has 0 amide bonds. The second-order valence-corrected chi connectivity index (χ2v) is 7.95. The number of nitrogens with one attached hydrogen (secondary N) is 1. The van der Waals surface area contributed by atoms with Gasteiger partial charge in [-0.05, 0) is 62.8 Å². The summed E-state index contributed by atoms with van der Waals surface area (Å²) < 4.78 is 17.5. The highest BCUT2D eigenvalue weighted by Gasteiger charge is 2.48. The van der Waals surface area contributed by atoms with Gasteiger partial charge in [0.15, 0.2) is 0 Å². The minimum absolute atomic E-state index is 0.503. The average molecular weight is 327 g/mol. The van der Waals surface area contributed by atoms with Crippen LogP contribution in [-0.2, 0) is 4.57 Å². The lowest BCUT2D eigenvalue weighted by molar-refractivity contribution is 0.254. The Balaban J connectivity index is 2.16. The minimum Gasteiger partial charge on any atom is -0.494 e. The summed E-state index contributed by atoms with van der Waals surface area (Å²) in [4.78, 5) is 19.8. The van der Waals surface area contributed by atoms with E-state index in [-0.39, 0.29) is 0 Å². The maximum Gasteiger partial charge on any atom is 0.350 e. The second-order valence-electron chi connectivity index (χ2n) is 6.01. The first-order chi connectivity index (χ1) is 10.4. The molecule has 1 aromatic rings. The summed E-state index contributed by atoms with van der Waals surface area (Å²) in [6.45, 7) is 4.65. The van der Waals surface area contributed by atoms with Gasteiger partial charge in [-0.2, -0.15) is 0 Å². The molecule has 1 fully saturated rings. The molecule has 5 nitrogen and oxygen atoms in total. The predicted octanol–water partition coefficient (Wildman–Crippen LogP) is 3.97. The van der Waals surface area contributed by atoms with Crippen molar-refractivity contribution in [1.29, 1.82) is 0 Å². The molecule has 0 heterocycles. The summed E-state index contributed by atoms with van der Waals surface area (Å²) >= 11 is 0. The number of hydrogen-bond donors (Lipinski definition) is 3. The van der Waals surface area contributed by atoms with Crippen LogP contribution in [0.25, 0.3) is 0 Å². The lowest BCUT2D eigenvalue weighted by Gasteiger charge is -2.41. The smallest absolute Gasteiger partial charge is 0.350 e. The molecule has 6 heteroatoms. The van der Waals surface area contributed by atoms with Crippen LogP contribution in [0, 0.1) is 5.92 Å². The normalized spacial score (nSPS) is 25.7. The molecule has 1 aromatic carbocycles. The Bertz CT molecular complexity index is 517. The van der Waals surface area contributed by atoms with Crippen molar-refractivity contribution in [3.63, 3.8) is 0 Å². The van der Waals surface area contributed by atoms with E-state index < -0.39 is 12.9 Å². The van der Waals surface area contributed by atoms with Crippen molar-refractivity contribution < 1.29 is 19.1 Å². The van der Waals surface area contributed by atoms with E-state index in [1.165, 1.54) is 0 Å². The van der Waals surface area contributed by atoms with Gasteiger partial charge in [-0.15, -0.1) is 0 Å². The van der Waals surface area contributed by atoms with E-state index in [9.17, 15) is 14.4 Å². The van der Waals surface area contributed by atoms with Gasteiger partial charge in [0.2, 0.25) is 0 Å². The second kappa shape index (κ2) is 7.03. The molecule has 124 valence electrons. The monoisotopic (exact) mass is 327 g/mol. The number of rotatable bonds is 6. The van der Waals surface area contributed by atoms with Crippen molar-refractivity contribution in [2.75, 3.05) is 11.9 Å². The van der Waals surface area contributed by atoms with Gasteiger partial charge in [-0.1, -0.05) is 13.3 Å². The van der Waals surface area contributed by atoms with Crippen LogP contribution in [0.1, 0.15) is 46.0 Å². The Morgan fingerprint density at radius 2 is 1.82 bits per heavy atom. The fraction of sp³-hybridized carbons (Fsp3) is 0.625. The van der Waals surface area contributed by atoms with Crippen LogP contribution in [0.4, 0.5) is 5.69 Å². The van der Waals surface area contributed by atoms with Crippen LogP contribution < -0.4 is 10.1 Å². The zero-order valence-corrected chi connectivity index (χ0v) is 14.2. The van der Waals surface area contributed by atoms with E-state index >= 15 is 0 Å². The van der Waals surface area contributed by atoms with E-state index in [0.29, 0.717) is 25.4 Å². The van der Waals surface area contributed by atoms with Gasteiger partial charge in [0.05, 0.1) is 6.61 Å². The first-order valence-electron chi connectivity index (χ1n) is 7.97. The van der Waals surface area contributed by atoms with Crippen LogP contribution in [0.15, 0.2) is 24.3 Å². The number of anilines is 1. The average Bonchev–Trinajstić information content (AvgIpc) is 2.49. The fourth-order valence-corrected chi connectivity index (χ4v) is 4.24. The Hall–Kier alpha value is -1.03. The van der Waals surface area contributed by atoms with Crippen molar-refractivity contribution >= 4 is 13.3 Å². The SMILES string of the molecule is CCOc1ccc(NC2(P(=O)(O)O)CCC(CC)CC2)cc1. The van der Waals surface area contributed by atoms with Crippen LogP contribution in [0.3, 0.4) is 0 Å². The number of ether oxygens (including phenoxy) is 1. The van der Waals surface area contributed by atoms with Crippen LogP contribution in [0.2, 0.25) is 0 Å². The van der Waals surface area contributed by atoms with Crippen LogP contribution in [0.5, 0.6) is 5.75 Å². The third-order valence-electron chi connectivity index (χ3n) is 4.61. The van der Waals surface area contributed by atoms with Gasteiger partial charge in [0.25, 0.3) is 0 Å². The molecule has 0 aliphatic heterocycles. The van der Waals surface area contributed by atoms with Gasteiger partial charge < -0.3 is 19.8 Å². The Morgan fingerprint density at radius 1 is 1.23 bits per heavy atom. The van der Waals surface area contributed by atoms with E-state index in [1.807, 2.05) is 31.2 Å². The molecule has 1 aliphatic rings. The summed E-state index contributed by atoms with van der Waals surface area (Å²) in [5.74, 6) is 1.33. The molecule has 3 N–H and O–H groups in total. The van der Waals surface area contributed by atoms with Gasteiger partial charge in [-0.25, -0.2) is 0 Å². The van der Waals surface area contributed by atoms with Crippen molar-refractivity contribution in [3.8, 4) is 5.75 Å². The highest BCUT2D eigenvalue weighted by Crippen LogP contribution is 2.58. The number of hydrogen-bond acceptors (Lipinski definition) is 3. The topological polar surface area (TPSA) is 78.8 Å². The Morgan fingerprint density at radius 3 is 2.27 bits per heavy atom. The van der Waals surface area contributed by atoms with Gasteiger partial charge >= 0.3 is 7.60 Å². The summed E-state index contributed by atoms with van der Waals surface area (Å²) in [5.41, 5.74) is 0.724. The standard InChI is InChI=1S/C16H26NO4P/c1-3-13-9-11-16(12-10-13,22(18,19)20)17-14-5-7-15(8-6-14)21-4-2/h5-8,13,17H,3-4,9-12H2,1-2H3,(H2,18,19,20). The van der Waals surface area contributed by atoms with Gasteiger partial charge in [0, 0.05) is 5.69 Å². The van der Waals surface area contributed by atoms with Crippen molar-refractivity contribution in [3.05, 3.63) is 24.3 Å². The largest absolute Gasteiger partial charge is 0.494 e. The highest BCUT2D eigenvalue weighted by atomic mass is 31.2. The Kier molecular flexibility index (Phi) is 5.54. The van der Waals surface area contributed by atoms with E-state index in [1.54, 1.807) is 0 Å². The summed E-state index contributed by atoms with van der Waals surface area (Å²) in [5, 5.41) is 2.00. The van der Waals surface area contributed by atoms with E-state index in [0.717, 1.165) is 30.7 Å². The molecule has 2 rings (SSSR count). The maximum absolute atomic E-state index is 12.1. The fourth-order valence-electron chi connectivity index (χ4n) is 3.12. The van der Waals surface area contributed by atoms with Crippen LogP contribution in [-0.4, -0.2) is 21.7 Å². The molecule has 22 heavy (non-hydrogen) atoms. The number of benzene rings is 1. The third kappa shape index (κ3) is 3.83. The minimum atomic E-state index is -4.24. The van der Waals surface area contributed by atoms with E-state index in [2.05, 4.69) is 12.2 Å². The van der Waals surface area contributed by atoms with E-state index in [4.69, 9.17) is 4.74 Å². The van der Waals surface area contributed by atoms with Crippen molar-refractivity contribution in [2.45, 2.75) is 51.2 Å². The lowest BCUT2D eigenvalue weighted by Crippen LogP contribution is -2.41. The first kappa shape index (κ1) is 17.3. The molecule has 0 radical (unpaired) electrons. The molecule has 0 unspecified atom stereocenters. The molecule has 0 saturated heterocycles. The molecule has 1 aliphatic carbocycles. The summed E-state index contributed by atoms with van der Waals surface area (Å²) in [6.07, 6.45) is 3.78. The molecule has 0 spiro atoms. The summed E-state index contributed by atoms with van der Waals surface area (Å²) in [7, 11) is -4.24. The molecule has 0 aromatic heterocycles. The third-order valence-corrected chi connectivity index (χ3v) is 6.28. The predicted molar refractivity (Wildman–Crippen MR) is 88.3 cm³/mol. The molecular formula is C16H26NO4P. The van der Waals surface area contributed by atoms with Crippen molar-refractivity contribution in [1.82, 2.24) is 0 Å². The summed E-state index contributed by atoms with van der Waals surface area (Å²) in [6, 6.07) is 7.26. The molecular weight excluding hydrogens is 301 g/mol. The zero-order chi connectivity index (χ0) is 16.2. The highest BCUT2D eigenvalue weighted by molar-refractivity contribution is 7.53. The first-order valence-corrected chi connectivity index (χ1v) is 9.58.